The predicted octanol–water partition coefficient (Wildman–Crippen LogP) is 3.62. The van der Waals surface area contributed by atoms with Crippen molar-refractivity contribution >= 4 is 16.9 Å². The summed E-state index contributed by atoms with van der Waals surface area (Å²) >= 11 is 0. The highest BCUT2D eigenvalue weighted by atomic mass is 16.5. The van der Waals surface area contributed by atoms with Gasteiger partial charge in [-0.2, -0.15) is 10.1 Å². The van der Waals surface area contributed by atoms with Crippen LogP contribution in [0.2, 0.25) is 0 Å². The Hall–Kier alpha value is -4.18. The Morgan fingerprint density at radius 3 is 2.67 bits per heavy atom. The highest BCUT2D eigenvalue weighted by molar-refractivity contribution is 6.03. The lowest BCUT2D eigenvalue weighted by Crippen LogP contribution is -2.06. The molecular formula is C23H18N4O3. The summed E-state index contributed by atoms with van der Waals surface area (Å²) in [4.78, 5) is 20.1. The number of methoxy groups -OCH3 is 1. The number of benzene rings is 2. The van der Waals surface area contributed by atoms with Crippen LogP contribution in [-0.4, -0.2) is 37.9 Å². The fourth-order valence-electron chi connectivity index (χ4n) is 3.29. The molecule has 7 heteroatoms. The molecule has 0 aliphatic heterocycles. The van der Waals surface area contributed by atoms with Gasteiger partial charge in [-0.15, -0.1) is 5.92 Å². The van der Waals surface area contributed by atoms with Gasteiger partial charge in [-0.3, -0.25) is 4.68 Å². The summed E-state index contributed by atoms with van der Waals surface area (Å²) in [7, 11) is 1.53. The zero-order chi connectivity index (χ0) is 21.1. The van der Waals surface area contributed by atoms with E-state index in [0.717, 1.165) is 27.8 Å². The minimum Gasteiger partial charge on any atom is -0.478 e. The summed E-state index contributed by atoms with van der Waals surface area (Å²) in [6.07, 6.45) is 3.32. The van der Waals surface area contributed by atoms with Crippen LogP contribution in [-0.2, 0) is 6.54 Å². The van der Waals surface area contributed by atoms with Crippen molar-refractivity contribution < 1.29 is 14.6 Å². The molecule has 0 aliphatic carbocycles. The summed E-state index contributed by atoms with van der Waals surface area (Å²) in [5, 5.41) is 14.8. The van der Waals surface area contributed by atoms with Crippen molar-refractivity contribution in [2.75, 3.05) is 7.11 Å². The number of aromatic carboxylic acids is 1. The molecule has 4 aromatic rings. The molecule has 4 rings (SSSR count). The molecule has 0 spiro atoms. The first-order valence-electron chi connectivity index (χ1n) is 9.21. The van der Waals surface area contributed by atoms with Gasteiger partial charge in [0.25, 0.3) is 0 Å². The van der Waals surface area contributed by atoms with Crippen molar-refractivity contribution in [2.45, 2.75) is 13.5 Å². The minimum atomic E-state index is -0.995. The molecule has 2 heterocycles. The minimum absolute atomic E-state index is 0.203. The van der Waals surface area contributed by atoms with E-state index in [9.17, 15) is 9.90 Å². The Bertz CT molecular complexity index is 1300. The van der Waals surface area contributed by atoms with Crippen molar-refractivity contribution in [3.05, 3.63) is 71.5 Å². The maximum absolute atomic E-state index is 11.7. The van der Waals surface area contributed by atoms with Crippen LogP contribution in [0.5, 0.6) is 6.01 Å². The maximum atomic E-state index is 11.7. The second-order valence-electron chi connectivity index (χ2n) is 6.53. The van der Waals surface area contributed by atoms with Crippen LogP contribution in [0.3, 0.4) is 0 Å². The lowest BCUT2D eigenvalue weighted by atomic mass is 10.1. The summed E-state index contributed by atoms with van der Waals surface area (Å²) in [6.45, 7) is 2.18. The zero-order valence-electron chi connectivity index (χ0n) is 16.5. The molecule has 0 radical (unpaired) electrons. The molecule has 7 nitrogen and oxygen atoms in total. The summed E-state index contributed by atoms with van der Waals surface area (Å²) in [5.41, 5.74) is 4.19. The highest BCUT2D eigenvalue weighted by Crippen LogP contribution is 2.24. The monoisotopic (exact) mass is 398 g/mol. The first-order valence-corrected chi connectivity index (χ1v) is 9.21. The van der Waals surface area contributed by atoms with Gasteiger partial charge in [0.2, 0.25) is 0 Å². The number of fused-ring (bicyclic) bond motifs is 1. The average Bonchev–Trinajstić information content (AvgIpc) is 3.18. The molecule has 30 heavy (non-hydrogen) atoms. The number of nitrogens with zero attached hydrogens (tertiary/aromatic N) is 4. The summed E-state index contributed by atoms with van der Waals surface area (Å²) < 4.78 is 6.77. The third-order valence-electron chi connectivity index (χ3n) is 4.69. The molecule has 0 unspecified atom stereocenters. The van der Waals surface area contributed by atoms with Crippen LogP contribution >= 0.6 is 0 Å². The maximum Gasteiger partial charge on any atom is 0.337 e. The Morgan fingerprint density at radius 1 is 1.17 bits per heavy atom. The van der Waals surface area contributed by atoms with E-state index in [-0.39, 0.29) is 5.56 Å². The van der Waals surface area contributed by atoms with Crippen LogP contribution in [0, 0.1) is 11.8 Å². The van der Waals surface area contributed by atoms with Crippen LogP contribution in [0.25, 0.3) is 22.2 Å². The fraction of sp³-hybridized carbons (Fsp3) is 0.130. The smallest absolute Gasteiger partial charge is 0.337 e. The number of rotatable bonds is 5. The molecule has 0 saturated carbocycles. The molecule has 1 N–H and O–H groups in total. The van der Waals surface area contributed by atoms with E-state index in [2.05, 4.69) is 26.9 Å². The van der Waals surface area contributed by atoms with Crippen molar-refractivity contribution in [3.63, 3.8) is 0 Å². The van der Waals surface area contributed by atoms with Crippen LogP contribution < -0.4 is 4.74 Å². The zero-order valence-corrected chi connectivity index (χ0v) is 16.5. The number of hydrogen-bond acceptors (Lipinski definition) is 5. The number of hydrogen-bond donors (Lipinski definition) is 1. The molecule has 0 saturated heterocycles. The number of ether oxygens (including phenoxy) is 1. The van der Waals surface area contributed by atoms with Crippen molar-refractivity contribution in [3.8, 4) is 29.1 Å². The van der Waals surface area contributed by atoms with Gasteiger partial charge < -0.3 is 9.84 Å². The Balaban J connectivity index is 1.69. The van der Waals surface area contributed by atoms with Crippen LogP contribution in [0.1, 0.15) is 28.4 Å². The van der Waals surface area contributed by atoms with Gasteiger partial charge in [-0.05, 0) is 30.7 Å². The van der Waals surface area contributed by atoms with E-state index in [0.29, 0.717) is 18.1 Å². The summed E-state index contributed by atoms with van der Waals surface area (Å²) in [6, 6.07) is 13.3. The number of carboxylic acids is 1. The number of carbonyl (C=O) groups is 1. The van der Waals surface area contributed by atoms with Gasteiger partial charge >= 0.3 is 12.0 Å². The molecule has 0 aliphatic rings. The topological polar surface area (TPSA) is 90.1 Å². The molecule has 2 aromatic carbocycles. The number of aromatic nitrogens is 4. The van der Waals surface area contributed by atoms with E-state index in [4.69, 9.17) is 4.74 Å². The van der Waals surface area contributed by atoms with Crippen molar-refractivity contribution in [1.29, 1.82) is 0 Å². The summed E-state index contributed by atoms with van der Waals surface area (Å²) in [5.74, 6) is 4.88. The van der Waals surface area contributed by atoms with Gasteiger partial charge in [0.05, 0.1) is 36.6 Å². The van der Waals surface area contributed by atoms with Gasteiger partial charge in [0.1, 0.15) is 0 Å². The van der Waals surface area contributed by atoms with Crippen LogP contribution in [0.15, 0.2) is 54.9 Å². The Kier molecular flexibility index (Phi) is 5.14. The van der Waals surface area contributed by atoms with Crippen molar-refractivity contribution in [2.24, 2.45) is 0 Å². The van der Waals surface area contributed by atoms with E-state index >= 15 is 0 Å². The molecule has 0 amide bonds. The van der Waals surface area contributed by atoms with E-state index in [1.807, 2.05) is 30.3 Å². The van der Waals surface area contributed by atoms with Gasteiger partial charge in [-0.25, -0.2) is 9.78 Å². The van der Waals surface area contributed by atoms with E-state index in [1.54, 1.807) is 36.1 Å². The third-order valence-corrected chi connectivity index (χ3v) is 4.69. The standard InChI is InChI=1S/C23H18N4O3/c1-3-4-16-9-10-18(22(28)29)21-19(16)13-25-27(21)14-15-5-7-17(8-6-15)20-11-12-24-23(26-20)30-2/h5-13H,14H2,1-2H3,(H,28,29). The lowest BCUT2D eigenvalue weighted by molar-refractivity contribution is 0.0698. The molecule has 0 bridgehead atoms. The van der Waals surface area contributed by atoms with Gasteiger partial charge in [0, 0.05) is 22.7 Å². The third kappa shape index (κ3) is 3.59. The van der Waals surface area contributed by atoms with Gasteiger partial charge in [-0.1, -0.05) is 30.2 Å². The average molecular weight is 398 g/mol. The lowest BCUT2D eigenvalue weighted by Gasteiger charge is -2.08. The molecule has 148 valence electrons. The second kappa shape index (κ2) is 8.05. The van der Waals surface area contributed by atoms with Crippen molar-refractivity contribution in [1.82, 2.24) is 19.7 Å². The Morgan fingerprint density at radius 2 is 1.97 bits per heavy atom. The molecule has 2 aromatic heterocycles. The van der Waals surface area contributed by atoms with Crippen LogP contribution in [0.4, 0.5) is 0 Å². The van der Waals surface area contributed by atoms with E-state index in [1.165, 1.54) is 7.11 Å². The number of carboxylic acid groups (broad SMARTS) is 1. The van der Waals surface area contributed by atoms with E-state index < -0.39 is 5.97 Å². The molecule has 0 fully saturated rings. The SMILES string of the molecule is CC#Cc1ccc(C(=O)O)c2c1cnn2Cc1ccc(-c2ccnc(OC)n2)cc1. The Labute approximate surface area is 173 Å². The first-order chi connectivity index (χ1) is 14.6. The largest absolute Gasteiger partial charge is 0.478 e. The molecule has 0 atom stereocenters. The fourth-order valence-corrected chi connectivity index (χ4v) is 3.29. The quantitative estimate of drug-likeness (QED) is 0.517. The normalized spacial score (nSPS) is 10.5. The van der Waals surface area contributed by atoms with Gasteiger partial charge in [0.15, 0.2) is 0 Å². The predicted molar refractivity (Wildman–Crippen MR) is 112 cm³/mol. The second-order valence-corrected chi connectivity index (χ2v) is 6.53. The molecular weight excluding hydrogens is 380 g/mol. The first kappa shape index (κ1) is 19.2. The highest BCUT2D eigenvalue weighted by Gasteiger charge is 2.16.